The molecular formula is C19H22N2O3. The molecule has 3 rings (SSSR count). The highest BCUT2D eigenvalue weighted by atomic mass is 16.5. The number of aliphatic hydroxyl groups is 1. The number of anilines is 1. The Morgan fingerprint density at radius 2 is 2.12 bits per heavy atom. The summed E-state index contributed by atoms with van der Waals surface area (Å²) < 4.78 is 5.83. The normalized spacial score (nSPS) is 19.9. The average Bonchev–Trinajstić information content (AvgIpc) is 3.01. The van der Waals surface area contributed by atoms with Gasteiger partial charge in [-0.3, -0.25) is 4.79 Å². The SMILES string of the molecule is Cc1ccccc1COc1cccc(NC(=O)C2CC(O)CN2)c1. The molecule has 1 fully saturated rings. The van der Waals surface area contributed by atoms with Gasteiger partial charge < -0.3 is 20.5 Å². The first-order chi connectivity index (χ1) is 11.6. The predicted octanol–water partition coefficient (Wildman–Crippen LogP) is 2.24. The zero-order chi connectivity index (χ0) is 16.9. The van der Waals surface area contributed by atoms with Gasteiger partial charge in [-0.2, -0.15) is 0 Å². The number of aliphatic hydroxyl groups excluding tert-OH is 1. The van der Waals surface area contributed by atoms with Crippen molar-refractivity contribution in [2.45, 2.75) is 32.1 Å². The van der Waals surface area contributed by atoms with Crippen LogP contribution < -0.4 is 15.4 Å². The van der Waals surface area contributed by atoms with Crippen LogP contribution >= 0.6 is 0 Å². The standard InChI is InChI=1S/C19H22N2O3/c1-13-5-2-3-6-14(13)12-24-17-8-4-7-15(9-17)21-19(23)18-10-16(22)11-20-18/h2-9,16,18,20,22H,10-12H2,1H3,(H,21,23). The number of hydrogen-bond acceptors (Lipinski definition) is 4. The van der Waals surface area contributed by atoms with Crippen LogP contribution in [-0.4, -0.2) is 29.7 Å². The molecule has 126 valence electrons. The minimum Gasteiger partial charge on any atom is -0.489 e. The monoisotopic (exact) mass is 326 g/mol. The molecule has 1 heterocycles. The van der Waals surface area contributed by atoms with Gasteiger partial charge in [-0.05, 0) is 36.6 Å². The van der Waals surface area contributed by atoms with E-state index in [1.807, 2.05) is 42.5 Å². The van der Waals surface area contributed by atoms with Crippen molar-refractivity contribution < 1.29 is 14.6 Å². The highest BCUT2D eigenvalue weighted by molar-refractivity contribution is 5.95. The number of aryl methyl sites for hydroxylation is 1. The van der Waals surface area contributed by atoms with Gasteiger partial charge in [0, 0.05) is 18.3 Å². The number of hydrogen-bond donors (Lipinski definition) is 3. The second-order valence-corrected chi connectivity index (χ2v) is 6.08. The van der Waals surface area contributed by atoms with Crippen molar-refractivity contribution in [2.24, 2.45) is 0 Å². The molecule has 2 atom stereocenters. The lowest BCUT2D eigenvalue weighted by Gasteiger charge is -2.13. The molecule has 1 aliphatic heterocycles. The Labute approximate surface area is 141 Å². The van der Waals surface area contributed by atoms with E-state index in [0.29, 0.717) is 31.0 Å². The molecule has 0 aromatic heterocycles. The molecule has 0 saturated carbocycles. The van der Waals surface area contributed by atoms with Crippen LogP contribution in [0.1, 0.15) is 17.5 Å². The second kappa shape index (κ2) is 7.47. The van der Waals surface area contributed by atoms with Gasteiger partial charge in [0.15, 0.2) is 0 Å². The Hall–Kier alpha value is -2.37. The average molecular weight is 326 g/mol. The summed E-state index contributed by atoms with van der Waals surface area (Å²) in [5.74, 6) is 0.568. The van der Waals surface area contributed by atoms with Crippen LogP contribution in [-0.2, 0) is 11.4 Å². The summed E-state index contributed by atoms with van der Waals surface area (Å²) in [5.41, 5.74) is 3.01. The molecule has 1 amide bonds. The van der Waals surface area contributed by atoms with E-state index in [0.717, 1.165) is 5.56 Å². The van der Waals surface area contributed by atoms with Crippen LogP contribution in [0.3, 0.4) is 0 Å². The first kappa shape index (κ1) is 16.5. The van der Waals surface area contributed by atoms with Crippen LogP contribution in [0.4, 0.5) is 5.69 Å². The molecule has 1 saturated heterocycles. The van der Waals surface area contributed by atoms with E-state index in [2.05, 4.69) is 23.6 Å². The van der Waals surface area contributed by atoms with Crippen LogP contribution in [0.25, 0.3) is 0 Å². The van der Waals surface area contributed by atoms with E-state index in [-0.39, 0.29) is 11.9 Å². The van der Waals surface area contributed by atoms with Crippen LogP contribution in [0.5, 0.6) is 5.75 Å². The molecule has 2 aromatic rings. The lowest BCUT2D eigenvalue weighted by atomic mass is 10.1. The van der Waals surface area contributed by atoms with Crippen molar-refractivity contribution >= 4 is 11.6 Å². The summed E-state index contributed by atoms with van der Waals surface area (Å²) in [6.07, 6.45) is -0.0143. The lowest BCUT2D eigenvalue weighted by Crippen LogP contribution is -2.35. The number of nitrogens with one attached hydrogen (secondary N) is 2. The molecule has 0 radical (unpaired) electrons. The number of benzene rings is 2. The topological polar surface area (TPSA) is 70.6 Å². The van der Waals surface area contributed by atoms with Crippen LogP contribution in [0, 0.1) is 6.92 Å². The van der Waals surface area contributed by atoms with Gasteiger partial charge in [0.2, 0.25) is 5.91 Å². The minimum atomic E-state index is -0.454. The Balaban J connectivity index is 1.60. The van der Waals surface area contributed by atoms with Gasteiger partial charge in [0.1, 0.15) is 12.4 Å². The van der Waals surface area contributed by atoms with Crippen molar-refractivity contribution in [1.29, 1.82) is 0 Å². The summed E-state index contributed by atoms with van der Waals surface area (Å²) in [6, 6.07) is 15.1. The molecule has 2 unspecified atom stereocenters. The number of amides is 1. The maximum atomic E-state index is 12.2. The van der Waals surface area contributed by atoms with E-state index in [1.165, 1.54) is 5.56 Å². The minimum absolute atomic E-state index is 0.136. The number of rotatable bonds is 5. The highest BCUT2D eigenvalue weighted by Crippen LogP contribution is 2.20. The summed E-state index contributed by atoms with van der Waals surface area (Å²) in [6.45, 7) is 3.00. The van der Waals surface area contributed by atoms with E-state index in [9.17, 15) is 9.90 Å². The third-order valence-corrected chi connectivity index (χ3v) is 4.18. The third-order valence-electron chi connectivity index (χ3n) is 4.18. The molecule has 1 aliphatic rings. The molecule has 5 nitrogen and oxygen atoms in total. The second-order valence-electron chi connectivity index (χ2n) is 6.08. The van der Waals surface area contributed by atoms with Crippen LogP contribution in [0.2, 0.25) is 0 Å². The van der Waals surface area contributed by atoms with E-state index in [4.69, 9.17) is 4.74 Å². The first-order valence-electron chi connectivity index (χ1n) is 8.11. The Morgan fingerprint density at radius 3 is 2.88 bits per heavy atom. The zero-order valence-electron chi connectivity index (χ0n) is 13.7. The Morgan fingerprint density at radius 1 is 1.29 bits per heavy atom. The molecule has 0 spiro atoms. The molecule has 3 N–H and O–H groups in total. The fourth-order valence-corrected chi connectivity index (χ4v) is 2.74. The van der Waals surface area contributed by atoms with Crippen molar-refractivity contribution in [2.75, 3.05) is 11.9 Å². The zero-order valence-corrected chi connectivity index (χ0v) is 13.7. The van der Waals surface area contributed by atoms with Crippen LogP contribution in [0.15, 0.2) is 48.5 Å². The molecule has 2 aromatic carbocycles. The fourth-order valence-electron chi connectivity index (χ4n) is 2.74. The number of ether oxygens (including phenoxy) is 1. The summed E-state index contributed by atoms with van der Waals surface area (Å²) in [4.78, 5) is 12.2. The summed E-state index contributed by atoms with van der Waals surface area (Å²) in [7, 11) is 0. The Bertz CT molecular complexity index is 717. The molecule has 0 aliphatic carbocycles. The van der Waals surface area contributed by atoms with Gasteiger partial charge in [-0.25, -0.2) is 0 Å². The van der Waals surface area contributed by atoms with Gasteiger partial charge in [-0.15, -0.1) is 0 Å². The van der Waals surface area contributed by atoms with Crippen molar-refractivity contribution in [3.63, 3.8) is 0 Å². The molecule has 24 heavy (non-hydrogen) atoms. The Kier molecular flexibility index (Phi) is 5.13. The largest absolute Gasteiger partial charge is 0.489 e. The summed E-state index contributed by atoms with van der Waals surface area (Å²) >= 11 is 0. The first-order valence-corrected chi connectivity index (χ1v) is 8.11. The smallest absolute Gasteiger partial charge is 0.241 e. The summed E-state index contributed by atoms with van der Waals surface area (Å²) in [5, 5.41) is 15.4. The maximum Gasteiger partial charge on any atom is 0.241 e. The van der Waals surface area contributed by atoms with Gasteiger partial charge in [0.25, 0.3) is 0 Å². The number of carbonyl (C=O) groups excluding carboxylic acids is 1. The maximum absolute atomic E-state index is 12.2. The van der Waals surface area contributed by atoms with E-state index >= 15 is 0 Å². The van der Waals surface area contributed by atoms with Crippen molar-refractivity contribution in [3.05, 3.63) is 59.7 Å². The number of carbonyl (C=O) groups is 1. The van der Waals surface area contributed by atoms with E-state index in [1.54, 1.807) is 0 Å². The third kappa shape index (κ3) is 4.13. The highest BCUT2D eigenvalue weighted by Gasteiger charge is 2.27. The molecular weight excluding hydrogens is 304 g/mol. The number of β-amino-alcohol motifs (C(OH)–C–C–N with tert-alkyl or cyclic N) is 1. The molecule has 5 heteroatoms. The van der Waals surface area contributed by atoms with Gasteiger partial charge >= 0.3 is 0 Å². The molecule has 0 bridgehead atoms. The predicted molar refractivity (Wildman–Crippen MR) is 93.0 cm³/mol. The van der Waals surface area contributed by atoms with Gasteiger partial charge in [0.05, 0.1) is 12.1 Å². The fraction of sp³-hybridized carbons (Fsp3) is 0.316. The van der Waals surface area contributed by atoms with Crippen molar-refractivity contribution in [3.8, 4) is 5.75 Å². The van der Waals surface area contributed by atoms with Gasteiger partial charge in [-0.1, -0.05) is 30.3 Å². The van der Waals surface area contributed by atoms with Crippen molar-refractivity contribution in [1.82, 2.24) is 5.32 Å². The quantitative estimate of drug-likeness (QED) is 0.788. The lowest BCUT2D eigenvalue weighted by molar-refractivity contribution is -0.117. The van der Waals surface area contributed by atoms with E-state index < -0.39 is 6.10 Å².